The van der Waals surface area contributed by atoms with E-state index >= 15 is 0 Å². The van der Waals surface area contributed by atoms with Crippen molar-refractivity contribution in [3.63, 3.8) is 0 Å². The number of benzene rings is 2. The van der Waals surface area contributed by atoms with Crippen LogP contribution in [0.2, 0.25) is 0 Å². The van der Waals surface area contributed by atoms with Crippen LogP contribution < -0.4 is 9.47 Å². The molecule has 2 aromatic carbocycles. The first kappa shape index (κ1) is 22.2. The highest BCUT2D eigenvalue weighted by Crippen LogP contribution is 2.29. The van der Waals surface area contributed by atoms with Gasteiger partial charge in [0.05, 0.1) is 20.1 Å². The van der Waals surface area contributed by atoms with Crippen LogP contribution in [0.25, 0.3) is 0 Å². The Kier molecular flexibility index (Phi) is 7.81. The predicted molar refractivity (Wildman–Crippen MR) is 118 cm³/mol. The Labute approximate surface area is 183 Å². The summed E-state index contributed by atoms with van der Waals surface area (Å²) in [6.07, 6.45) is 0.177. The Morgan fingerprint density at radius 3 is 1.80 bits per heavy atom. The maximum atomic E-state index is 12.3. The summed E-state index contributed by atoms with van der Waals surface area (Å²) >= 11 is 2.23. The van der Waals surface area contributed by atoms with Crippen molar-refractivity contribution >= 4 is 39.7 Å². The minimum Gasteiger partial charge on any atom is -0.497 e. The minimum absolute atomic E-state index is 0.0822. The molecular formula is C22H22O6S2. The fraction of sp³-hybridized carbons (Fsp3) is 0.318. The molecule has 158 valence electrons. The van der Waals surface area contributed by atoms with Crippen molar-refractivity contribution in [3.05, 3.63) is 59.7 Å². The summed E-state index contributed by atoms with van der Waals surface area (Å²) in [6, 6.07) is 13.7. The van der Waals surface area contributed by atoms with Gasteiger partial charge in [0.2, 0.25) is 10.2 Å². The largest absolute Gasteiger partial charge is 0.497 e. The van der Waals surface area contributed by atoms with Crippen LogP contribution in [0.1, 0.15) is 27.1 Å². The molecule has 1 aliphatic heterocycles. The van der Waals surface area contributed by atoms with Crippen LogP contribution in [0, 0.1) is 5.92 Å². The van der Waals surface area contributed by atoms with Crippen molar-refractivity contribution in [1.29, 1.82) is 0 Å². The van der Waals surface area contributed by atoms with E-state index in [9.17, 15) is 14.4 Å². The van der Waals surface area contributed by atoms with Gasteiger partial charge in [-0.25, -0.2) is 0 Å². The summed E-state index contributed by atoms with van der Waals surface area (Å²) in [4.78, 5) is 36.8. The lowest BCUT2D eigenvalue weighted by Crippen LogP contribution is -2.11. The van der Waals surface area contributed by atoms with E-state index in [0.29, 0.717) is 40.6 Å². The zero-order valence-electron chi connectivity index (χ0n) is 16.7. The number of methoxy groups -OCH3 is 2. The number of carbonyl (C=O) groups excluding carboxylic acids is 3. The predicted octanol–water partition coefficient (Wildman–Crippen LogP) is 4.08. The Bertz CT molecular complexity index is 895. The van der Waals surface area contributed by atoms with Crippen LogP contribution in [0.5, 0.6) is 11.5 Å². The van der Waals surface area contributed by atoms with Gasteiger partial charge in [0.25, 0.3) is 0 Å². The van der Waals surface area contributed by atoms with Gasteiger partial charge in [-0.2, -0.15) is 0 Å². The summed E-state index contributed by atoms with van der Waals surface area (Å²) < 4.78 is 15.6. The van der Waals surface area contributed by atoms with E-state index < -0.39 is 0 Å². The second kappa shape index (κ2) is 10.5. The molecular weight excluding hydrogens is 424 g/mol. The maximum absolute atomic E-state index is 12.3. The van der Waals surface area contributed by atoms with Gasteiger partial charge >= 0.3 is 5.97 Å². The SMILES string of the molecule is COc1ccc(C(=O)SCC2CC(CSC(=O)c3ccc(OC)cc3)C(=O)O2)cc1. The first-order valence-electron chi connectivity index (χ1n) is 9.33. The molecule has 0 N–H and O–H groups in total. The smallest absolute Gasteiger partial charge is 0.310 e. The zero-order chi connectivity index (χ0) is 21.5. The van der Waals surface area contributed by atoms with Gasteiger partial charge in [-0.1, -0.05) is 23.5 Å². The van der Waals surface area contributed by atoms with Crippen LogP contribution in [-0.4, -0.2) is 48.0 Å². The highest BCUT2D eigenvalue weighted by Gasteiger charge is 2.35. The van der Waals surface area contributed by atoms with E-state index in [-0.39, 0.29) is 28.2 Å². The second-order valence-electron chi connectivity index (χ2n) is 6.65. The van der Waals surface area contributed by atoms with Crippen LogP contribution in [0.15, 0.2) is 48.5 Å². The number of ether oxygens (including phenoxy) is 3. The lowest BCUT2D eigenvalue weighted by atomic mass is 10.1. The van der Waals surface area contributed by atoms with Crippen LogP contribution >= 0.6 is 23.5 Å². The molecule has 2 aromatic rings. The summed E-state index contributed by atoms with van der Waals surface area (Å²) in [5.41, 5.74) is 1.13. The van der Waals surface area contributed by atoms with E-state index in [2.05, 4.69) is 0 Å². The van der Waals surface area contributed by atoms with Gasteiger partial charge in [-0.05, 0) is 55.0 Å². The number of carbonyl (C=O) groups is 3. The minimum atomic E-state index is -0.348. The van der Waals surface area contributed by atoms with Gasteiger partial charge in [-0.3, -0.25) is 14.4 Å². The topological polar surface area (TPSA) is 78.9 Å². The molecule has 0 bridgehead atoms. The number of hydrogen-bond donors (Lipinski definition) is 0. The van der Waals surface area contributed by atoms with Crippen LogP contribution in [0.4, 0.5) is 0 Å². The Morgan fingerprint density at radius 1 is 0.867 bits per heavy atom. The summed E-state index contributed by atoms with van der Waals surface area (Å²) in [7, 11) is 3.13. The molecule has 1 saturated heterocycles. The van der Waals surface area contributed by atoms with Crippen molar-refractivity contribution in [2.75, 3.05) is 25.7 Å². The number of cyclic esters (lactones) is 1. The normalized spacial score (nSPS) is 18.0. The first-order valence-corrected chi connectivity index (χ1v) is 11.3. The average Bonchev–Trinajstić information content (AvgIpc) is 3.15. The Morgan fingerprint density at radius 2 is 1.33 bits per heavy atom. The number of thioether (sulfide) groups is 2. The first-order chi connectivity index (χ1) is 14.5. The average molecular weight is 447 g/mol. The highest BCUT2D eigenvalue weighted by molar-refractivity contribution is 8.14. The highest BCUT2D eigenvalue weighted by atomic mass is 32.2. The third-order valence-electron chi connectivity index (χ3n) is 4.63. The lowest BCUT2D eigenvalue weighted by Gasteiger charge is -2.08. The van der Waals surface area contributed by atoms with Crippen LogP contribution in [0.3, 0.4) is 0 Å². The quantitative estimate of drug-likeness (QED) is 0.561. The summed E-state index contributed by atoms with van der Waals surface area (Å²) in [5.74, 6) is 1.46. The Hall–Kier alpha value is -2.45. The van der Waals surface area contributed by atoms with E-state index in [0.717, 1.165) is 23.5 Å². The van der Waals surface area contributed by atoms with Crippen molar-refractivity contribution in [2.45, 2.75) is 12.5 Å². The molecule has 0 aliphatic carbocycles. The molecule has 6 nitrogen and oxygen atoms in total. The zero-order valence-corrected chi connectivity index (χ0v) is 18.3. The lowest BCUT2D eigenvalue weighted by molar-refractivity contribution is -0.143. The molecule has 8 heteroatoms. The third-order valence-corrected chi connectivity index (χ3v) is 6.73. The van der Waals surface area contributed by atoms with E-state index in [1.54, 1.807) is 62.8 Å². The number of hydrogen-bond acceptors (Lipinski definition) is 8. The number of esters is 1. The Balaban J connectivity index is 1.44. The fourth-order valence-corrected chi connectivity index (χ4v) is 4.70. The van der Waals surface area contributed by atoms with Gasteiger partial charge in [0.1, 0.15) is 17.6 Å². The fourth-order valence-electron chi connectivity index (χ4n) is 2.93. The van der Waals surface area contributed by atoms with E-state index in [1.807, 2.05) is 0 Å². The summed E-state index contributed by atoms with van der Waals surface area (Å²) in [6.45, 7) is 0. The molecule has 3 rings (SSSR count). The third kappa shape index (κ3) is 5.79. The van der Waals surface area contributed by atoms with Crippen molar-refractivity contribution in [1.82, 2.24) is 0 Å². The monoisotopic (exact) mass is 446 g/mol. The molecule has 0 radical (unpaired) electrons. The van der Waals surface area contributed by atoms with Gasteiger partial charge in [0, 0.05) is 22.6 Å². The summed E-state index contributed by atoms with van der Waals surface area (Å²) in [5, 5.41) is -0.181. The van der Waals surface area contributed by atoms with Crippen LogP contribution in [-0.2, 0) is 9.53 Å². The maximum Gasteiger partial charge on any atom is 0.310 e. The molecule has 0 aromatic heterocycles. The van der Waals surface area contributed by atoms with Crippen molar-refractivity contribution < 1.29 is 28.6 Å². The standard InChI is InChI=1S/C22H22O6S2/c1-26-17-7-3-14(4-8-17)21(24)29-12-16-11-19(28-20(16)23)13-30-22(25)15-5-9-18(27-2)10-6-15/h3-10,16,19H,11-13H2,1-2H3. The molecule has 0 amide bonds. The van der Waals surface area contributed by atoms with Gasteiger partial charge in [0.15, 0.2) is 0 Å². The molecule has 2 atom stereocenters. The molecule has 2 unspecified atom stereocenters. The molecule has 1 aliphatic rings. The van der Waals surface area contributed by atoms with Gasteiger partial charge in [-0.15, -0.1) is 0 Å². The molecule has 0 saturated carbocycles. The van der Waals surface area contributed by atoms with E-state index in [4.69, 9.17) is 14.2 Å². The van der Waals surface area contributed by atoms with Crippen molar-refractivity contribution in [2.24, 2.45) is 5.92 Å². The van der Waals surface area contributed by atoms with Gasteiger partial charge < -0.3 is 14.2 Å². The van der Waals surface area contributed by atoms with Crippen molar-refractivity contribution in [3.8, 4) is 11.5 Å². The second-order valence-corrected chi connectivity index (χ2v) is 8.63. The number of rotatable bonds is 8. The molecule has 1 heterocycles. The molecule has 30 heavy (non-hydrogen) atoms. The van der Waals surface area contributed by atoms with E-state index in [1.165, 1.54) is 0 Å². The molecule has 1 fully saturated rings. The molecule has 0 spiro atoms.